The number of aromatic nitrogens is 4. The number of rotatable bonds is 5. The van der Waals surface area contributed by atoms with Gasteiger partial charge in [0.1, 0.15) is 0 Å². The number of amides is 1. The van der Waals surface area contributed by atoms with Gasteiger partial charge in [-0.05, 0) is 47.7 Å². The zero-order valence-electron chi connectivity index (χ0n) is 13.4. The van der Waals surface area contributed by atoms with Gasteiger partial charge in [-0.3, -0.25) is 4.79 Å². The van der Waals surface area contributed by atoms with E-state index >= 15 is 0 Å². The molecule has 0 bridgehead atoms. The Morgan fingerprint density at radius 3 is 2.77 bits per heavy atom. The largest absolute Gasteiger partial charge is 0.325 e. The number of tetrazole rings is 1. The van der Waals surface area contributed by atoms with Crippen molar-refractivity contribution in [3.63, 3.8) is 0 Å². The van der Waals surface area contributed by atoms with E-state index < -0.39 is 22.8 Å². The summed E-state index contributed by atoms with van der Waals surface area (Å²) in [6, 6.07) is 10.1. The monoisotopic (exact) mass is 395 g/mol. The number of hydrogen-bond acceptors (Lipinski definition) is 5. The van der Waals surface area contributed by atoms with E-state index in [0.29, 0.717) is 15.9 Å². The van der Waals surface area contributed by atoms with E-state index in [-0.39, 0.29) is 5.69 Å². The van der Waals surface area contributed by atoms with Gasteiger partial charge in [0.2, 0.25) is 11.1 Å². The summed E-state index contributed by atoms with van der Waals surface area (Å²) in [5, 5.41) is 14.3. The average molecular weight is 396 g/mol. The predicted molar refractivity (Wildman–Crippen MR) is 94.5 cm³/mol. The summed E-state index contributed by atoms with van der Waals surface area (Å²) in [6.45, 7) is 1.65. The molecule has 1 amide bonds. The lowest BCUT2D eigenvalue weighted by atomic mass is 10.3. The minimum absolute atomic E-state index is 0.163. The van der Waals surface area contributed by atoms with Gasteiger partial charge in [-0.1, -0.05) is 29.4 Å². The van der Waals surface area contributed by atoms with Crippen LogP contribution in [0.15, 0.2) is 47.6 Å². The van der Waals surface area contributed by atoms with Gasteiger partial charge in [-0.25, -0.2) is 8.78 Å². The zero-order valence-corrected chi connectivity index (χ0v) is 14.9. The quantitative estimate of drug-likeness (QED) is 0.667. The van der Waals surface area contributed by atoms with Crippen LogP contribution in [0.4, 0.5) is 14.5 Å². The molecule has 3 rings (SSSR count). The highest BCUT2D eigenvalue weighted by molar-refractivity contribution is 8.00. The summed E-state index contributed by atoms with van der Waals surface area (Å²) in [4.78, 5) is 12.3. The van der Waals surface area contributed by atoms with Crippen molar-refractivity contribution in [1.29, 1.82) is 0 Å². The normalized spacial score (nSPS) is 12.0. The van der Waals surface area contributed by atoms with E-state index in [4.69, 9.17) is 11.6 Å². The molecule has 0 spiro atoms. The fourth-order valence-corrected chi connectivity index (χ4v) is 3.04. The number of nitrogens with zero attached hydrogens (tertiary/aromatic N) is 4. The number of anilines is 1. The van der Waals surface area contributed by atoms with Crippen LogP contribution in [0.3, 0.4) is 0 Å². The zero-order chi connectivity index (χ0) is 18.7. The highest BCUT2D eigenvalue weighted by Gasteiger charge is 2.20. The van der Waals surface area contributed by atoms with E-state index in [0.717, 1.165) is 23.9 Å². The van der Waals surface area contributed by atoms with Crippen molar-refractivity contribution in [2.75, 3.05) is 5.32 Å². The number of benzene rings is 2. The van der Waals surface area contributed by atoms with E-state index in [9.17, 15) is 13.6 Å². The minimum atomic E-state index is -1.03. The Bertz CT molecular complexity index is 952. The van der Waals surface area contributed by atoms with Crippen LogP contribution in [0.2, 0.25) is 5.02 Å². The molecule has 0 fully saturated rings. The third kappa shape index (κ3) is 4.17. The number of nitrogens with one attached hydrogen (secondary N) is 1. The molecule has 0 saturated carbocycles. The summed E-state index contributed by atoms with van der Waals surface area (Å²) in [5.74, 6) is -2.42. The van der Waals surface area contributed by atoms with Gasteiger partial charge in [0.25, 0.3) is 0 Å². The molecule has 1 heterocycles. The predicted octanol–water partition coefficient (Wildman–Crippen LogP) is 3.71. The van der Waals surface area contributed by atoms with Crippen LogP contribution in [0.1, 0.15) is 6.92 Å². The smallest absolute Gasteiger partial charge is 0.237 e. The maximum Gasteiger partial charge on any atom is 0.237 e. The van der Waals surface area contributed by atoms with Gasteiger partial charge in [0.15, 0.2) is 11.6 Å². The lowest BCUT2D eigenvalue weighted by molar-refractivity contribution is -0.115. The molecule has 3 aromatic rings. The molecule has 10 heteroatoms. The molecule has 1 unspecified atom stereocenters. The highest BCUT2D eigenvalue weighted by atomic mass is 35.5. The van der Waals surface area contributed by atoms with E-state index in [1.54, 1.807) is 31.2 Å². The van der Waals surface area contributed by atoms with Gasteiger partial charge in [0.05, 0.1) is 10.9 Å². The third-order valence-corrected chi connectivity index (χ3v) is 4.60. The number of thioether (sulfide) groups is 1. The summed E-state index contributed by atoms with van der Waals surface area (Å²) >= 11 is 7.09. The molecule has 26 heavy (non-hydrogen) atoms. The molecule has 0 aliphatic heterocycles. The molecule has 2 aromatic carbocycles. The third-order valence-electron chi connectivity index (χ3n) is 3.33. The van der Waals surface area contributed by atoms with Gasteiger partial charge in [-0.2, -0.15) is 4.68 Å². The van der Waals surface area contributed by atoms with Crippen molar-refractivity contribution < 1.29 is 13.6 Å². The standard InChI is InChI=1S/C16H12ClF2N5OS/c1-9(15(25)20-11-5-6-13(18)14(19)8-11)26-16-21-22-23-24(16)12-4-2-3-10(17)7-12/h2-9H,1H3,(H,20,25). The first-order valence-corrected chi connectivity index (χ1v) is 8.66. The van der Waals surface area contributed by atoms with Crippen molar-refractivity contribution in [2.45, 2.75) is 17.3 Å². The maximum absolute atomic E-state index is 13.2. The van der Waals surface area contributed by atoms with E-state index in [1.165, 1.54) is 10.7 Å². The van der Waals surface area contributed by atoms with Crippen molar-refractivity contribution in [3.05, 3.63) is 59.1 Å². The number of halogens is 3. The maximum atomic E-state index is 13.2. The Hall–Kier alpha value is -2.52. The van der Waals surface area contributed by atoms with Crippen molar-refractivity contribution >= 4 is 35.0 Å². The van der Waals surface area contributed by atoms with E-state index in [2.05, 4.69) is 20.8 Å². The number of carbonyl (C=O) groups is 1. The van der Waals surface area contributed by atoms with Crippen LogP contribution in [0.25, 0.3) is 5.69 Å². The first-order valence-electron chi connectivity index (χ1n) is 7.41. The Balaban J connectivity index is 1.72. The molecular weight excluding hydrogens is 384 g/mol. The molecular formula is C16H12ClF2N5OS. The van der Waals surface area contributed by atoms with Crippen LogP contribution >= 0.6 is 23.4 Å². The summed E-state index contributed by atoms with van der Waals surface area (Å²) in [6.07, 6.45) is 0. The van der Waals surface area contributed by atoms with Crippen LogP contribution in [0, 0.1) is 11.6 Å². The van der Waals surface area contributed by atoms with E-state index in [1.807, 2.05) is 0 Å². The van der Waals surface area contributed by atoms with Crippen LogP contribution in [-0.4, -0.2) is 31.4 Å². The number of hydrogen-bond donors (Lipinski definition) is 1. The first-order chi connectivity index (χ1) is 12.4. The molecule has 0 saturated heterocycles. The fraction of sp³-hybridized carbons (Fsp3) is 0.125. The Morgan fingerprint density at radius 2 is 2.04 bits per heavy atom. The van der Waals surface area contributed by atoms with Crippen LogP contribution < -0.4 is 5.32 Å². The molecule has 0 aliphatic rings. The van der Waals surface area contributed by atoms with Gasteiger partial charge in [0, 0.05) is 16.8 Å². The van der Waals surface area contributed by atoms with Crippen molar-refractivity contribution in [2.24, 2.45) is 0 Å². The van der Waals surface area contributed by atoms with Crippen molar-refractivity contribution in [1.82, 2.24) is 20.2 Å². The second-order valence-electron chi connectivity index (χ2n) is 5.23. The summed E-state index contributed by atoms with van der Waals surface area (Å²) in [7, 11) is 0. The number of carbonyl (C=O) groups excluding carboxylic acids is 1. The molecule has 0 aliphatic carbocycles. The van der Waals surface area contributed by atoms with Gasteiger partial charge < -0.3 is 5.32 Å². The van der Waals surface area contributed by atoms with Gasteiger partial charge >= 0.3 is 0 Å². The summed E-state index contributed by atoms with van der Waals surface area (Å²) in [5.41, 5.74) is 0.814. The second kappa shape index (κ2) is 7.79. The van der Waals surface area contributed by atoms with Crippen LogP contribution in [0.5, 0.6) is 0 Å². The summed E-state index contributed by atoms with van der Waals surface area (Å²) < 4.78 is 27.6. The average Bonchev–Trinajstić information content (AvgIpc) is 3.06. The lowest BCUT2D eigenvalue weighted by Gasteiger charge is -2.12. The Labute approximate surface area is 156 Å². The topological polar surface area (TPSA) is 72.7 Å². The first kappa shape index (κ1) is 18.3. The highest BCUT2D eigenvalue weighted by Crippen LogP contribution is 2.25. The van der Waals surface area contributed by atoms with Gasteiger partial charge in [-0.15, -0.1) is 5.10 Å². The Kier molecular flexibility index (Phi) is 5.48. The molecule has 0 radical (unpaired) electrons. The second-order valence-corrected chi connectivity index (χ2v) is 6.98. The van der Waals surface area contributed by atoms with Crippen LogP contribution in [-0.2, 0) is 4.79 Å². The SMILES string of the molecule is CC(Sc1nnnn1-c1cccc(Cl)c1)C(=O)Nc1ccc(F)c(F)c1. The minimum Gasteiger partial charge on any atom is -0.325 e. The lowest BCUT2D eigenvalue weighted by Crippen LogP contribution is -2.23. The Morgan fingerprint density at radius 1 is 1.23 bits per heavy atom. The fourth-order valence-electron chi connectivity index (χ4n) is 2.05. The molecule has 1 N–H and O–H groups in total. The molecule has 1 aromatic heterocycles. The molecule has 134 valence electrons. The molecule has 1 atom stereocenters. The van der Waals surface area contributed by atoms with Crippen molar-refractivity contribution in [3.8, 4) is 5.69 Å². The molecule has 6 nitrogen and oxygen atoms in total.